The summed E-state index contributed by atoms with van der Waals surface area (Å²) in [5.74, 6) is 0.00796. The Bertz CT molecular complexity index is 421. The summed E-state index contributed by atoms with van der Waals surface area (Å²) < 4.78 is 6.79. The van der Waals surface area contributed by atoms with Crippen LogP contribution >= 0.6 is 0 Å². The summed E-state index contributed by atoms with van der Waals surface area (Å²) in [4.78, 5) is 14.4. The average Bonchev–Trinajstić information content (AvgIpc) is 2.63. The minimum absolute atomic E-state index is 0.00796. The molecule has 1 aromatic heterocycles. The van der Waals surface area contributed by atoms with Crippen molar-refractivity contribution < 1.29 is 9.53 Å². The summed E-state index contributed by atoms with van der Waals surface area (Å²) in [5.41, 5.74) is 7.86. The molecule has 1 amide bonds. The molecular formula is C13H24N4O2. The fourth-order valence-electron chi connectivity index (χ4n) is 2.04. The number of amides is 1. The van der Waals surface area contributed by atoms with Crippen LogP contribution in [0, 0.1) is 13.8 Å². The molecule has 2 N–H and O–H groups in total. The van der Waals surface area contributed by atoms with Gasteiger partial charge in [-0.3, -0.25) is 9.48 Å². The van der Waals surface area contributed by atoms with Crippen LogP contribution in [0.25, 0.3) is 0 Å². The van der Waals surface area contributed by atoms with Gasteiger partial charge in [-0.15, -0.1) is 0 Å². The molecule has 0 fully saturated rings. The highest BCUT2D eigenvalue weighted by Crippen LogP contribution is 2.15. The lowest BCUT2D eigenvalue weighted by Gasteiger charge is -2.22. The highest BCUT2D eigenvalue weighted by molar-refractivity contribution is 5.96. The van der Waals surface area contributed by atoms with Gasteiger partial charge in [0.15, 0.2) is 0 Å². The van der Waals surface area contributed by atoms with Gasteiger partial charge in [0.1, 0.15) is 0 Å². The number of aromatic nitrogens is 2. The first-order valence-electron chi connectivity index (χ1n) is 6.51. The highest BCUT2D eigenvalue weighted by atomic mass is 16.5. The quantitative estimate of drug-likeness (QED) is 0.780. The van der Waals surface area contributed by atoms with Gasteiger partial charge >= 0.3 is 0 Å². The lowest BCUT2D eigenvalue weighted by atomic mass is 10.1. The van der Waals surface area contributed by atoms with Crippen molar-refractivity contribution >= 4 is 5.91 Å². The highest BCUT2D eigenvalue weighted by Gasteiger charge is 2.22. The van der Waals surface area contributed by atoms with E-state index >= 15 is 0 Å². The molecule has 0 bridgehead atoms. The van der Waals surface area contributed by atoms with E-state index in [9.17, 15) is 4.79 Å². The smallest absolute Gasteiger partial charge is 0.257 e. The van der Waals surface area contributed by atoms with E-state index in [2.05, 4.69) is 5.10 Å². The van der Waals surface area contributed by atoms with Crippen molar-refractivity contribution in [3.63, 3.8) is 0 Å². The molecular weight excluding hydrogens is 244 g/mol. The first-order chi connectivity index (χ1) is 9.02. The second-order valence-corrected chi connectivity index (χ2v) is 4.60. The molecule has 1 aromatic rings. The summed E-state index contributed by atoms with van der Waals surface area (Å²) in [6, 6.07) is 0. The van der Waals surface area contributed by atoms with Crippen LogP contribution in [0.5, 0.6) is 0 Å². The van der Waals surface area contributed by atoms with Gasteiger partial charge in [-0.25, -0.2) is 0 Å². The Hall–Kier alpha value is -1.40. The van der Waals surface area contributed by atoms with E-state index in [1.165, 1.54) is 0 Å². The standard InChI is InChI=1S/C13H24N4O2/c1-10-12(11(2)16(3)15-10)13(18)17(7-5-6-14)8-9-19-4/h5-9,14H2,1-4H3. The van der Waals surface area contributed by atoms with Gasteiger partial charge in [0.25, 0.3) is 5.91 Å². The monoisotopic (exact) mass is 268 g/mol. The molecule has 0 radical (unpaired) electrons. The molecule has 0 aliphatic heterocycles. The molecule has 108 valence electrons. The van der Waals surface area contributed by atoms with Crippen molar-refractivity contribution in [3.8, 4) is 0 Å². The summed E-state index contributed by atoms with van der Waals surface area (Å²) in [7, 11) is 3.48. The lowest BCUT2D eigenvalue weighted by molar-refractivity contribution is 0.0693. The third-order valence-electron chi connectivity index (χ3n) is 3.21. The number of aryl methyl sites for hydroxylation is 2. The van der Waals surface area contributed by atoms with Crippen LogP contribution in [-0.2, 0) is 11.8 Å². The number of nitrogens with two attached hydrogens (primary N) is 1. The molecule has 1 rings (SSSR count). The predicted octanol–water partition coefficient (Wildman–Crippen LogP) is 0.474. The summed E-state index contributed by atoms with van der Waals surface area (Å²) in [6.45, 7) is 6.08. The third-order valence-corrected chi connectivity index (χ3v) is 3.21. The fraction of sp³-hybridized carbons (Fsp3) is 0.692. The largest absolute Gasteiger partial charge is 0.383 e. The van der Waals surface area contributed by atoms with Gasteiger partial charge in [-0.2, -0.15) is 5.10 Å². The maximum Gasteiger partial charge on any atom is 0.257 e. The van der Waals surface area contributed by atoms with Crippen LogP contribution < -0.4 is 5.73 Å². The first-order valence-corrected chi connectivity index (χ1v) is 6.51. The number of carbonyl (C=O) groups is 1. The zero-order chi connectivity index (χ0) is 14.4. The Balaban J connectivity index is 2.90. The van der Waals surface area contributed by atoms with Crippen molar-refractivity contribution in [1.82, 2.24) is 14.7 Å². The maximum absolute atomic E-state index is 12.6. The normalized spacial score (nSPS) is 10.8. The van der Waals surface area contributed by atoms with Crippen LogP contribution in [0.1, 0.15) is 28.2 Å². The van der Waals surface area contributed by atoms with E-state index in [4.69, 9.17) is 10.5 Å². The molecule has 19 heavy (non-hydrogen) atoms. The van der Waals surface area contributed by atoms with Gasteiger partial charge in [0.05, 0.1) is 17.9 Å². The van der Waals surface area contributed by atoms with E-state index in [1.54, 1.807) is 16.7 Å². The van der Waals surface area contributed by atoms with E-state index in [0.717, 1.165) is 17.8 Å². The fourth-order valence-corrected chi connectivity index (χ4v) is 2.04. The number of methoxy groups -OCH3 is 1. The molecule has 6 heteroatoms. The Labute approximate surface area is 114 Å². The second kappa shape index (κ2) is 7.25. The minimum atomic E-state index is 0.00796. The predicted molar refractivity (Wildman–Crippen MR) is 74.1 cm³/mol. The molecule has 0 spiro atoms. The molecule has 1 heterocycles. The molecule has 0 unspecified atom stereocenters. The lowest BCUT2D eigenvalue weighted by Crippen LogP contribution is -2.36. The second-order valence-electron chi connectivity index (χ2n) is 4.60. The molecule has 6 nitrogen and oxygen atoms in total. The molecule has 0 saturated heterocycles. The number of ether oxygens (including phenoxy) is 1. The van der Waals surface area contributed by atoms with Crippen LogP contribution in [0.15, 0.2) is 0 Å². The number of hydrogen-bond donors (Lipinski definition) is 1. The number of hydrogen-bond acceptors (Lipinski definition) is 4. The summed E-state index contributed by atoms with van der Waals surface area (Å²) in [5, 5.41) is 4.29. The van der Waals surface area contributed by atoms with E-state index in [1.807, 2.05) is 20.9 Å². The molecule has 0 aliphatic rings. The zero-order valence-electron chi connectivity index (χ0n) is 12.3. The van der Waals surface area contributed by atoms with Crippen LogP contribution in [0.4, 0.5) is 0 Å². The number of rotatable bonds is 7. The Morgan fingerprint density at radius 1 is 1.42 bits per heavy atom. The molecule has 0 aromatic carbocycles. The van der Waals surface area contributed by atoms with Crippen molar-refractivity contribution in [2.75, 3.05) is 33.4 Å². The summed E-state index contributed by atoms with van der Waals surface area (Å²) >= 11 is 0. The van der Waals surface area contributed by atoms with Gasteiger partial charge in [0, 0.05) is 32.9 Å². The van der Waals surface area contributed by atoms with E-state index in [-0.39, 0.29) is 5.91 Å². The van der Waals surface area contributed by atoms with Crippen LogP contribution in [0.2, 0.25) is 0 Å². The van der Waals surface area contributed by atoms with Crippen molar-refractivity contribution in [1.29, 1.82) is 0 Å². The van der Waals surface area contributed by atoms with Crippen LogP contribution in [0.3, 0.4) is 0 Å². The molecule has 0 atom stereocenters. The molecule has 0 saturated carbocycles. The SMILES string of the molecule is COCCN(CCCN)C(=O)c1c(C)nn(C)c1C. The molecule has 0 aliphatic carbocycles. The Morgan fingerprint density at radius 2 is 2.11 bits per heavy atom. The van der Waals surface area contributed by atoms with Gasteiger partial charge in [-0.1, -0.05) is 0 Å². The minimum Gasteiger partial charge on any atom is -0.383 e. The van der Waals surface area contributed by atoms with Crippen molar-refractivity contribution in [2.24, 2.45) is 12.8 Å². The van der Waals surface area contributed by atoms with Gasteiger partial charge in [-0.05, 0) is 26.8 Å². The average molecular weight is 268 g/mol. The van der Waals surface area contributed by atoms with E-state index in [0.29, 0.717) is 31.8 Å². The van der Waals surface area contributed by atoms with Gasteiger partial charge in [0.2, 0.25) is 0 Å². The van der Waals surface area contributed by atoms with Crippen molar-refractivity contribution in [2.45, 2.75) is 20.3 Å². The van der Waals surface area contributed by atoms with Crippen LogP contribution in [-0.4, -0.2) is 53.9 Å². The third kappa shape index (κ3) is 3.78. The van der Waals surface area contributed by atoms with Crippen molar-refractivity contribution in [3.05, 3.63) is 17.0 Å². The first kappa shape index (κ1) is 15.7. The van der Waals surface area contributed by atoms with E-state index < -0.39 is 0 Å². The Kier molecular flexibility index (Phi) is 5.98. The topological polar surface area (TPSA) is 73.4 Å². The summed E-state index contributed by atoms with van der Waals surface area (Å²) in [6.07, 6.45) is 0.786. The maximum atomic E-state index is 12.6. The van der Waals surface area contributed by atoms with Gasteiger partial charge < -0.3 is 15.4 Å². The zero-order valence-corrected chi connectivity index (χ0v) is 12.3. The number of nitrogens with zero attached hydrogens (tertiary/aromatic N) is 3. The number of carbonyl (C=O) groups excluding carboxylic acids is 1. The Morgan fingerprint density at radius 3 is 2.58 bits per heavy atom.